The number of aliphatic carboxylic acids is 1. The Morgan fingerprint density at radius 3 is 2.16 bits per heavy atom. The molecule has 2 amide bonds. The van der Waals surface area contributed by atoms with Gasteiger partial charge in [-0.05, 0) is 34.9 Å². The summed E-state index contributed by atoms with van der Waals surface area (Å²) in [4.78, 5) is 36.1. The molecular formula is C25H27N5O6S. The minimum absolute atomic E-state index is 0.0941. The van der Waals surface area contributed by atoms with E-state index < -0.39 is 39.9 Å². The lowest BCUT2D eigenvalue weighted by Gasteiger charge is -2.21. The van der Waals surface area contributed by atoms with Crippen molar-refractivity contribution in [2.24, 2.45) is 11.5 Å². The van der Waals surface area contributed by atoms with Crippen LogP contribution < -0.4 is 21.5 Å². The fourth-order valence-corrected chi connectivity index (χ4v) is 4.91. The number of nitrogens with two attached hydrogens (primary N) is 2. The number of hydrogen-bond acceptors (Lipinski definition) is 6. The van der Waals surface area contributed by atoms with Gasteiger partial charge in [-0.2, -0.15) is 4.72 Å². The fraction of sp³-hybridized carbons (Fsp3) is 0.200. The average molecular weight is 526 g/mol. The van der Waals surface area contributed by atoms with Crippen LogP contribution in [0.2, 0.25) is 0 Å². The number of fused-ring (bicyclic) bond motifs is 1. The number of carboxylic acids is 1. The quantitative estimate of drug-likeness (QED) is 0.148. The largest absolute Gasteiger partial charge is 0.480 e. The number of amidine groups is 1. The van der Waals surface area contributed by atoms with E-state index in [2.05, 4.69) is 10.0 Å². The first kappa shape index (κ1) is 27.3. The molecule has 3 aromatic rings. The van der Waals surface area contributed by atoms with Crippen molar-refractivity contribution in [2.75, 3.05) is 0 Å². The van der Waals surface area contributed by atoms with Crippen LogP contribution in [0.5, 0.6) is 0 Å². The lowest BCUT2D eigenvalue weighted by molar-refractivity contribution is -0.142. The normalized spacial score (nSPS) is 13.0. The van der Waals surface area contributed by atoms with E-state index in [1.54, 1.807) is 42.5 Å². The highest BCUT2D eigenvalue weighted by atomic mass is 32.2. The maximum absolute atomic E-state index is 13.1. The van der Waals surface area contributed by atoms with Gasteiger partial charge in [-0.1, -0.05) is 54.6 Å². The van der Waals surface area contributed by atoms with Crippen LogP contribution in [0, 0.1) is 5.41 Å². The minimum atomic E-state index is -4.21. The van der Waals surface area contributed by atoms with Gasteiger partial charge in [0.2, 0.25) is 21.8 Å². The summed E-state index contributed by atoms with van der Waals surface area (Å²) in [6.45, 7) is 0. The van der Waals surface area contributed by atoms with Crippen LogP contribution in [0.1, 0.15) is 24.0 Å². The number of carboxylic acid groups (broad SMARTS) is 1. The van der Waals surface area contributed by atoms with Crippen molar-refractivity contribution < 1.29 is 27.9 Å². The van der Waals surface area contributed by atoms with Crippen LogP contribution in [0.15, 0.2) is 71.6 Å². The van der Waals surface area contributed by atoms with E-state index in [1.165, 1.54) is 12.1 Å². The van der Waals surface area contributed by atoms with Crippen molar-refractivity contribution in [3.8, 4) is 0 Å². The lowest BCUT2D eigenvalue weighted by Crippen LogP contribution is -2.52. The summed E-state index contributed by atoms with van der Waals surface area (Å²) in [7, 11) is -4.21. The number of amides is 2. The summed E-state index contributed by atoms with van der Waals surface area (Å²) in [6.07, 6.45) is -0.685. The summed E-state index contributed by atoms with van der Waals surface area (Å²) < 4.78 is 28.4. The van der Waals surface area contributed by atoms with E-state index in [9.17, 15) is 27.9 Å². The zero-order valence-electron chi connectivity index (χ0n) is 19.7. The molecule has 0 aromatic heterocycles. The average Bonchev–Trinajstić information content (AvgIpc) is 2.85. The van der Waals surface area contributed by atoms with Crippen LogP contribution >= 0.6 is 0 Å². The molecule has 0 aliphatic rings. The molecule has 8 N–H and O–H groups in total. The van der Waals surface area contributed by atoms with E-state index in [0.717, 1.165) is 5.39 Å². The molecule has 2 atom stereocenters. The summed E-state index contributed by atoms with van der Waals surface area (Å²) in [5.41, 5.74) is 11.6. The Morgan fingerprint density at radius 2 is 1.57 bits per heavy atom. The number of benzene rings is 3. The molecule has 3 aromatic carbocycles. The third kappa shape index (κ3) is 7.35. The van der Waals surface area contributed by atoms with Gasteiger partial charge < -0.3 is 21.9 Å². The van der Waals surface area contributed by atoms with Crippen LogP contribution in [0.3, 0.4) is 0 Å². The standard InChI is InChI=1S/C25H27N5O6S/c26-22(31)12-11-20(30-37(35,36)19-10-9-16-3-1-2-4-18(16)14-19)24(32)29-21(25(33)34)13-15-5-7-17(8-6-15)23(27)28/h1-10,14,20-21,30H,11-13H2,(H2,26,31)(H3,27,28)(H,29,32)(H,33,34)/t20-,21-/m0/s1. The molecule has 0 fully saturated rings. The van der Waals surface area contributed by atoms with Crippen molar-refractivity contribution in [3.05, 3.63) is 77.9 Å². The molecule has 0 saturated carbocycles. The Kier molecular flexibility index (Phi) is 8.58. The highest BCUT2D eigenvalue weighted by molar-refractivity contribution is 7.89. The number of nitrogens with one attached hydrogen (secondary N) is 3. The van der Waals surface area contributed by atoms with E-state index >= 15 is 0 Å². The van der Waals surface area contributed by atoms with E-state index in [0.29, 0.717) is 16.5 Å². The highest BCUT2D eigenvalue weighted by Crippen LogP contribution is 2.19. The predicted octanol–water partition coefficient (Wildman–Crippen LogP) is 0.848. The topological polar surface area (TPSA) is 206 Å². The first-order valence-electron chi connectivity index (χ1n) is 11.2. The second-order valence-electron chi connectivity index (χ2n) is 8.40. The Balaban J connectivity index is 1.80. The second-order valence-corrected chi connectivity index (χ2v) is 10.1. The molecule has 0 aliphatic carbocycles. The van der Waals surface area contributed by atoms with Crippen molar-refractivity contribution >= 4 is 44.4 Å². The smallest absolute Gasteiger partial charge is 0.326 e. The molecule has 12 heteroatoms. The molecule has 0 radical (unpaired) electrons. The van der Waals surface area contributed by atoms with E-state index in [-0.39, 0.29) is 30.0 Å². The SMILES string of the molecule is N=C(N)c1ccc(C[C@H](NC(=O)[C@H](CCC(N)=O)NS(=O)(=O)c2ccc3ccccc3c2)C(=O)O)cc1. The molecule has 0 saturated heterocycles. The molecule has 0 unspecified atom stereocenters. The monoisotopic (exact) mass is 525 g/mol. The Bertz CT molecular complexity index is 1440. The number of hydrogen-bond donors (Lipinski definition) is 6. The van der Waals surface area contributed by atoms with Gasteiger partial charge in [-0.15, -0.1) is 0 Å². The summed E-state index contributed by atoms with van der Waals surface area (Å²) in [6, 6.07) is 15.0. The summed E-state index contributed by atoms with van der Waals surface area (Å²) in [5.74, 6) is -3.15. The number of primary amides is 1. The second kappa shape index (κ2) is 11.6. The van der Waals surface area contributed by atoms with Gasteiger partial charge in [-0.25, -0.2) is 13.2 Å². The van der Waals surface area contributed by atoms with Crippen LogP contribution in [-0.2, 0) is 30.8 Å². The van der Waals surface area contributed by atoms with Crippen LogP contribution in [0.4, 0.5) is 0 Å². The summed E-state index contributed by atoms with van der Waals surface area (Å²) in [5, 5.41) is 20.9. The lowest BCUT2D eigenvalue weighted by atomic mass is 10.0. The third-order valence-corrected chi connectivity index (χ3v) is 7.11. The molecule has 194 valence electrons. The molecular weight excluding hydrogens is 498 g/mol. The van der Waals surface area contributed by atoms with E-state index in [1.807, 2.05) is 12.1 Å². The van der Waals surface area contributed by atoms with Gasteiger partial charge in [0.15, 0.2) is 0 Å². The third-order valence-electron chi connectivity index (χ3n) is 5.64. The first-order valence-corrected chi connectivity index (χ1v) is 12.7. The molecule has 0 heterocycles. The molecule has 3 rings (SSSR count). The van der Waals surface area contributed by atoms with Gasteiger partial charge in [0.1, 0.15) is 17.9 Å². The Morgan fingerprint density at radius 1 is 0.919 bits per heavy atom. The van der Waals surface area contributed by atoms with Crippen molar-refractivity contribution in [1.82, 2.24) is 10.0 Å². The Hall–Kier alpha value is -4.29. The van der Waals surface area contributed by atoms with Gasteiger partial charge in [-0.3, -0.25) is 15.0 Å². The first-order chi connectivity index (χ1) is 17.5. The summed E-state index contributed by atoms with van der Waals surface area (Å²) >= 11 is 0. The molecule has 0 aliphatic heterocycles. The van der Waals surface area contributed by atoms with Gasteiger partial charge in [0.25, 0.3) is 0 Å². The number of carbonyl (C=O) groups is 3. The predicted molar refractivity (Wildman–Crippen MR) is 137 cm³/mol. The van der Waals surface area contributed by atoms with Crippen molar-refractivity contribution in [3.63, 3.8) is 0 Å². The number of carbonyl (C=O) groups excluding carboxylic acids is 2. The van der Waals surface area contributed by atoms with Gasteiger partial charge in [0.05, 0.1) is 4.90 Å². The van der Waals surface area contributed by atoms with Gasteiger partial charge >= 0.3 is 5.97 Å². The molecule has 37 heavy (non-hydrogen) atoms. The fourth-order valence-electron chi connectivity index (χ4n) is 3.65. The minimum Gasteiger partial charge on any atom is -0.480 e. The van der Waals surface area contributed by atoms with Crippen molar-refractivity contribution in [1.29, 1.82) is 5.41 Å². The number of nitrogen functional groups attached to an aromatic ring is 1. The van der Waals surface area contributed by atoms with Crippen molar-refractivity contribution in [2.45, 2.75) is 36.2 Å². The molecule has 0 bridgehead atoms. The zero-order chi connectivity index (χ0) is 27.2. The molecule has 0 spiro atoms. The highest BCUT2D eigenvalue weighted by Gasteiger charge is 2.30. The van der Waals surface area contributed by atoms with Crippen LogP contribution in [0.25, 0.3) is 10.8 Å². The van der Waals surface area contributed by atoms with Gasteiger partial charge in [0, 0.05) is 18.4 Å². The maximum atomic E-state index is 13.1. The molecule has 11 nitrogen and oxygen atoms in total. The number of sulfonamides is 1. The van der Waals surface area contributed by atoms with E-state index in [4.69, 9.17) is 16.9 Å². The zero-order valence-corrected chi connectivity index (χ0v) is 20.5. The number of rotatable bonds is 12. The van der Waals surface area contributed by atoms with Crippen LogP contribution in [-0.4, -0.2) is 49.2 Å². The maximum Gasteiger partial charge on any atom is 0.326 e. The Labute approximate surface area is 213 Å².